The number of nitrogens with zero attached hydrogens (tertiary/aromatic N) is 2. The van der Waals surface area contributed by atoms with Crippen molar-refractivity contribution in [3.8, 4) is 21.8 Å². The number of aliphatic imine (C=N–C) groups is 1. The van der Waals surface area contributed by atoms with Crippen LogP contribution in [0.3, 0.4) is 0 Å². The van der Waals surface area contributed by atoms with Gasteiger partial charge in [-0.25, -0.2) is 9.78 Å². The van der Waals surface area contributed by atoms with Crippen LogP contribution >= 0.6 is 11.3 Å². The first-order valence-corrected chi connectivity index (χ1v) is 6.94. The molecule has 96 valence electrons. The van der Waals surface area contributed by atoms with Gasteiger partial charge < -0.3 is 0 Å². The van der Waals surface area contributed by atoms with E-state index in [2.05, 4.69) is 9.98 Å². The molecule has 0 aliphatic carbocycles. The third kappa shape index (κ3) is 2.57. The molecule has 0 unspecified atom stereocenters. The Kier molecular flexibility index (Phi) is 3.50. The molecule has 4 heteroatoms. The fourth-order valence-corrected chi connectivity index (χ4v) is 2.74. The van der Waals surface area contributed by atoms with Crippen LogP contribution in [-0.2, 0) is 4.79 Å². The Morgan fingerprint density at radius 3 is 2.60 bits per heavy atom. The van der Waals surface area contributed by atoms with Gasteiger partial charge in [0.2, 0.25) is 6.08 Å². The van der Waals surface area contributed by atoms with Crippen LogP contribution in [-0.4, -0.2) is 11.1 Å². The van der Waals surface area contributed by atoms with Gasteiger partial charge in [-0.15, -0.1) is 11.3 Å². The summed E-state index contributed by atoms with van der Waals surface area (Å²) >= 11 is 1.60. The standard InChI is InChI=1S/C16H10N2OS/c19-11-17-14-8-4-7-13(9-14)15-10-20-16(18-15)12-5-2-1-3-6-12/h1-10H. The molecule has 3 aromatic rings. The Hall–Kier alpha value is -2.55. The molecule has 0 amide bonds. The smallest absolute Gasteiger partial charge is 0.236 e. The van der Waals surface area contributed by atoms with E-state index in [1.165, 1.54) is 0 Å². The normalized spacial score (nSPS) is 10.0. The molecule has 0 radical (unpaired) electrons. The predicted octanol–water partition coefficient (Wildman–Crippen LogP) is 4.44. The highest BCUT2D eigenvalue weighted by molar-refractivity contribution is 7.13. The lowest BCUT2D eigenvalue weighted by Crippen LogP contribution is -1.79. The Morgan fingerprint density at radius 2 is 1.80 bits per heavy atom. The van der Waals surface area contributed by atoms with Gasteiger partial charge in [0.15, 0.2) is 0 Å². The van der Waals surface area contributed by atoms with Crippen molar-refractivity contribution in [2.75, 3.05) is 0 Å². The van der Waals surface area contributed by atoms with Gasteiger partial charge in [0.1, 0.15) is 5.01 Å². The average Bonchev–Trinajstić information content (AvgIpc) is 2.99. The number of thiazole rings is 1. The highest BCUT2D eigenvalue weighted by Crippen LogP contribution is 2.30. The van der Waals surface area contributed by atoms with Gasteiger partial charge in [-0.3, -0.25) is 0 Å². The second-order valence-corrected chi connectivity index (χ2v) is 5.02. The maximum atomic E-state index is 10.3. The van der Waals surface area contributed by atoms with E-state index < -0.39 is 0 Å². The predicted molar refractivity (Wildman–Crippen MR) is 80.8 cm³/mol. The van der Waals surface area contributed by atoms with Crippen molar-refractivity contribution in [2.24, 2.45) is 4.99 Å². The van der Waals surface area contributed by atoms with Crippen LogP contribution in [0.5, 0.6) is 0 Å². The third-order valence-corrected chi connectivity index (χ3v) is 3.73. The Morgan fingerprint density at radius 1 is 1.00 bits per heavy atom. The number of hydrogen-bond acceptors (Lipinski definition) is 4. The molecule has 1 heterocycles. The summed E-state index contributed by atoms with van der Waals surface area (Å²) in [5.41, 5.74) is 3.52. The molecule has 0 aliphatic rings. The van der Waals surface area contributed by atoms with Crippen molar-refractivity contribution in [1.29, 1.82) is 0 Å². The first-order chi connectivity index (χ1) is 9.86. The molecule has 3 nitrogen and oxygen atoms in total. The molecule has 20 heavy (non-hydrogen) atoms. The SMILES string of the molecule is O=C=Nc1cccc(-c2csc(-c3ccccc3)n2)c1. The second kappa shape index (κ2) is 5.61. The molecule has 0 saturated heterocycles. The molecule has 0 aliphatic heterocycles. The van der Waals surface area contributed by atoms with E-state index in [9.17, 15) is 4.79 Å². The fraction of sp³-hybridized carbons (Fsp3) is 0. The lowest BCUT2D eigenvalue weighted by molar-refractivity contribution is 0.565. The van der Waals surface area contributed by atoms with Gasteiger partial charge >= 0.3 is 0 Å². The van der Waals surface area contributed by atoms with Crippen molar-refractivity contribution in [2.45, 2.75) is 0 Å². The van der Waals surface area contributed by atoms with E-state index in [-0.39, 0.29) is 0 Å². The zero-order chi connectivity index (χ0) is 13.8. The number of hydrogen-bond donors (Lipinski definition) is 0. The number of aromatic nitrogens is 1. The molecule has 0 spiro atoms. The maximum Gasteiger partial charge on any atom is 0.240 e. The van der Waals surface area contributed by atoms with E-state index in [0.717, 1.165) is 21.8 Å². The topological polar surface area (TPSA) is 42.3 Å². The van der Waals surface area contributed by atoms with Crippen molar-refractivity contribution in [3.05, 3.63) is 60.0 Å². The Balaban J connectivity index is 1.98. The summed E-state index contributed by atoms with van der Waals surface area (Å²) in [6.45, 7) is 0. The quantitative estimate of drug-likeness (QED) is 0.525. The largest absolute Gasteiger partial charge is 0.240 e. The minimum atomic E-state index is 0.590. The maximum absolute atomic E-state index is 10.3. The summed E-state index contributed by atoms with van der Waals surface area (Å²) in [4.78, 5) is 18.6. The molecule has 0 bridgehead atoms. The van der Waals surface area contributed by atoms with Gasteiger partial charge in [-0.1, -0.05) is 42.5 Å². The first-order valence-electron chi connectivity index (χ1n) is 6.06. The monoisotopic (exact) mass is 278 g/mol. The third-order valence-electron chi connectivity index (χ3n) is 2.84. The van der Waals surface area contributed by atoms with Crippen molar-refractivity contribution in [3.63, 3.8) is 0 Å². The van der Waals surface area contributed by atoms with Crippen LogP contribution < -0.4 is 0 Å². The second-order valence-electron chi connectivity index (χ2n) is 4.16. The van der Waals surface area contributed by atoms with E-state index >= 15 is 0 Å². The average molecular weight is 278 g/mol. The summed E-state index contributed by atoms with van der Waals surface area (Å²) in [5.74, 6) is 0. The molecule has 2 aromatic carbocycles. The lowest BCUT2D eigenvalue weighted by atomic mass is 10.1. The zero-order valence-corrected chi connectivity index (χ0v) is 11.3. The summed E-state index contributed by atoms with van der Waals surface area (Å²) in [6, 6.07) is 17.4. The molecule has 0 saturated carbocycles. The van der Waals surface area contributed by atoms with Gasteiger partial charge in [0.05, 0.1) is 11.4 Å². The van der Waals surface area contributed by atoms with Crippen LogP contribution in [0.4, 0.5) is 5.69 Å². The highest BCUT2D eigenvalue weighted by atomic mass is 32.1. The molecule has 0 fully saturated rings. The minimum absolute atomic E-state index is 0.590. The van der Waals surface area contributed by atoms with Gasteiger partial charge in [-0.2, -0.15) is 4.99 Å². The summed E-state index contributed by atoms with van der Waals surface area (Å²) in [6.07, 6.45) is 1.55. The molecular formula is C16H10N2OS. The van der Waals surface area contributed by atoms with Crippen molar-refractivity contribution >= 4 is 23.1 Å². The van der Waals surface area contributed by atoms with E-state index in [1.54, 1.807) is 23.5 Å². The molecule has 1 aromatic heterocycles. The van der Waals surface area contributed by atoms with Crippen LogP contribution in [0, 0.1) is 0 Å². The van der Waals surface area contributed by atoms with Gasteiger partial charge in [-0.05, 0) is 12.1 Å². The fourth-order valence-electron chi connectivity index (χ4n) is 1.91. The van der Waals surface area contributed by atoms with Gasteiger partial charge in [0, 0.05) is 16.5 Å². The Labute approximate surface area is 120 Å². The molecule has 0 atom stereocenters. The van der Waals surface area contributed by atoms with E-state index in [0.29, 0.717) is 5.69 Å². The molecule has 3 rings (SSSR count). The van der Waals surface area contributed by atoms with Crippen molar-refractivity contribution < 1.29 is 4.79 Å². The van der Waals surface area contributed by atoms with Crippen LogP contribution in [0.25, 0.3) is 21.8 Å². The Bertz CT molecular complexity index is 774. The number of benzene rings is 2. The molecule has 0 N–H and O–H groups in total. The number of carbonyl (C=O) groups excluding carboxylic acids is 1. The lowest BCUT2D eigenvalue weighted by Gasteiger charge is -1.98. The van der Waals surface area contributed by atoms with E-state index in [1.807, 2.05) is 53.9 Å². The summed E-state index contributed by atoms with van der Waals surface area (Å²) in [5, 5.41) is 2.98. The summed E-state index contributed by atoms with van der Waals surface area (Å²) < 4.78 is 0. The van der Waals surface area contributed by atoms with Gasteiger partial charge in [0.25, 0.3) is 0 Å². The highest BCUT2D eigenvalue weighted by Gasteiger charge is 2.06. The minimum Gasteiger partial charge on any atom is -0.236 e. The number of isocyanates is 1. The number of rotatable bonds is 3. The van der Waals surface area contributed by atoms with Crippen LogP contribution in [0.2, 0.25) is 0 Å². The summed E-state index contributed by atoms with van der Waals surface area (Å²) in [7, 11) is 0. The van der Waals surface area contributed by atoms with Crippen molar-refractivity contribution in [1.82, 2.24) is 4.98 Å². The van der Waals surface area contributed by atoms with E-state index in [4.69, 9.17) is 0 Å². The van der Waals surface area contributed by atoms with Crippen LogP contribution in [0.15, 0.2) is 65.0 Å². The van der Waals surface area contributed by atoms with Crippen LogP contribution in [0.1, 0.15) is 0 Å². The zero-order valence-electron chi connectivity index (χ0n) is 10.5. The molecular weight excluding hydrogens is 268 g/mol. The first kappa shape index (κ1) is 12.5.